The molecular formula is C19H30N2O2. The van der Waals surface area contributed by atoms with Gasteiger partial charge in [0.05, 0.1) is 6.61 Å². The summed E-state index contributed by atoms with van der Waals surface area (Å²) >= 11 is 0. The smallest absolute Gasteiger partial charge is 0.223 e. The van der Waals surface area contributed by atoms with Crippen molar-refractivity contribution in [2.45, 2.75) is 52.0 Å². The maximum absolute atomic E-state index is 12.6. The Morgan fingerprint density at radius 3 is 2.43 bits per heavy atom. The second-order valence-electron chi connectivity index (χ2n) is 6.77. The van der Waals surface area contributed by atoms with E-state index in [4.69, 9.17) is 10.5 Å². The van der Waals surface area contributed by atoms with E-state index >= 15 is 0 Å². The van der Waals surface area contributed by atoms with Crippen LogP contribution in [0.25, 0.3) is 0 Å². The van der Waals surface area contributed by atoms with E-state index in [1.54, 1.807) is 0 Å². The number of hydrogen-bond acceptors (Lipinski definition) is 3. The summed E-state index contributed by atoms with van der Waals surface area (Å²) in [7, 11) is 1.88. The van der Waals surface area contributed by atoms with Crippen LogP contribution >= 0.6 is 0 Å². The molecule has 0 heterocycles. The van der Waals surface area contributed by atoms with Gasteiger partial charge in [0.1, 0.15) is 5.75 Å². The van der Waals surface area contributed by atoms with Crippen molar-refractivity contribution in [1.82, 2.24) is 4.90 Å². The summed E-state index contributed by atoms with van der Waals surface area (Å²) in [5, 5.41) is 0. The first-order valence-corrected chi connectivity index (χ1v) is 8.74. The number of benzene rings is 1. The van der Waals surface area contributed by atoms with E-state index in [9.17, 15) is 4.79 Å². The van der Waals surface area contributed by atoms with Gasteiger partial charge >= 0.3 is 0 Å². The number of ether oxygens (including phenoxy) is 1. The van der Waals surface area contributed by atoms with Gasteiger partial charge in [0.2, 0.25) is 5.91 Å². The molecule has 1 amide bonds. The normalized spacial score (nSPS) is 16.8. The summed E-state index contributed by atoms with van der Waals surface area (Å²) in [6.45, 7) is 3.89. The highest BCUT2D eigenvalue weighted by Crippen LogP contribution is 2.38. The topological polar surface area (TPSA) is 55.6 Å². The van der Waals surface area contributed by atoms with E-state index in [1.165, 1.54) is 19.3 Å². The Bertz CT molecular complexity index is 493. The minimum Gasteiger partial charge on any atom is -0.494 e. The SMILES string of the molecule is CCOc1ccc(CN(C)C(=O)CC2(CN)CCCCC2)cc1. The molecule has 23 heavy (non-hydrogen) atoms. The van der Waals surface area contributed by atoms with Crippen molar-refractivity contribution in [1.29, 1.82) is 0 Å². The summed E-state index contributed by atoms with van der Waals surface area (Å²) in [4.78, 5) is 14.4. The van der Waals surface area contributed by atoms with Crippen LogP contribution in [0.3, 0.4) is 0 Å². The van der Waals surface area contributed by atoms with Gasteiger partial charge < -0.3 is 15.4 Å². The largest absolute Gasteiger partial charge is 0.494 e. The Balaban J connectivity index is 1.91. The maximum Gasteiger partial charge on any atom is 0.223 e. The molecule has 1 aliphatic carbocycles. The first kappa shape index (κ1) is 17.8. The fraction of sp³-hybridized carbons (Fsp3) is 0.632. The molecule has 128 valence electrons. The minimum atomic E-state index is 0.0302. The van der Waals surface area contributed by atoms with Gasteiger partial charge in [-0.3, -0.25) is 4.79 Å². The zero-order chi connectivity index (χ0) is 16.7. The van der Waals surface area contributed by atoms with Crippen LogP contribution in [0.15, 0.2) is 24.3 Å². The van der Waals surface area contributed by atoms with Crippen molar-refractivity contribution >= 4 is 5.91 Å². The number of rotatable bonds is 7. The van der Waals surface area contributed by atoms with E-state index in [2.05, 4.69) is 0 Å². The van der Waals surface area contributed by atoms with Crippen LogP contribution in [0.2, 0.25) is 0 Å². The van der Waals surface area contributed by atoms with Crippen LogP contribution in [0.1, 0.15) is 51.0 Å². The quantitative estimate of drug-likeness (QED) is 0.839. The molecule has 1 fully saturated rings. The molecule has 4 nitrogen and oxygen atoms in total. The van der Waals surface area contributed by atoms with Gasteiger partial charge in [-0.2, -0.15) is 0 Å². The summed E-state index contributed by atoms with van der Waals surface area (Å²) in [6.07, 6.45) is 6.44. The Morgan fingerprint density at radius 1 is 1.22 bits per heavy atom. The van der Waals surface area contributed by atoms with Gasteiger partial charge in [0, 0.05) is 20.0 Å². The van der Waals surface area contributed by atoms with Gasteiger partial charge in [-0.1, -0.05) is 31.4 Å². The average Bonchev–Trinajstić information content (AvgIpc) is 2.57. The number of amides is 1. The Kier molecular flexibility index (Phi) is 6.46. The van der Waals surface area contributed by atoms with Crippen molar-refractivity contribution < 1.29 is 9.53 Å². The second kappa shape index (κ2) is 8.34. The predicted octanol–water partition coefficient (Wildman–Crippen LogP) is 3.34. The first-order valence-electron chi connectivity index (χ1n) is 8.74. The molecule has 0 atom stereocenters. The maximum atomic E-state index is 12.6. The molecule has 0 saturated heterocycles. The van der Waals surface area contributed by atoms with Crippen molar-refractivity contribution in [3.63, 3.8) is 0 Å². The van der Waals surface area contributed by atoms with Crippen LogP contribution in [0.4, 0.5) is 0 Å². The lowest BCUT2D eigenvalue weighted by atomic mass is 9.71. The average molecular weight is 318 g/mol. The molecule has 2 N–H and O–H groups in total. The lowest BCUT2D eigenvalue weighted by Crippen LogP contribution is -2.39. The first-order chi connectivity index (χ1) is 11.1. The number of carbonyl (C=O) groups excluding carboxylic acids is 1. The van der Waals surface area contributed by atoms with Gasteiger partial charge in [-0.15, -0.1) is 0 Å². The zero-order valence-electron chi connectivity index (χ0n) is 14.5. The molecule has 0 aliphatic heterocycles. The molecule has 0 aromatic heterocycles. The van der Waals surface area contributed by atoms with Gasteiger partial charge in [0.15, 0.2) is 0 Å². The number of carbonyl (C=O) groups is 1. The second-order valence-corrected chi connectivity index (χ2v) is 6.77. The Morgan fingerprint density at radius 2 is 1.87 bits per heavy atom. The van der Waals surface area contributed by atoms with Crippen molar-refractivity contribution in [2.75, 3.05) is 20.2 Å². The molecule has 1 saturated carbocycles. The van der Waals surface area contributed by atoms with E-state index in [0.29, 0.717) is 26.1 Å². The predicted molar refractivity (Wildman–Crippen MR) is 93.3 cm³/mol. The van der Waals surface area contributed by atoms with Crippen LogP contribution in [0, 0.1) is 5.41 Å². The van der Waals surface area contributed by atoms with E-state index in [0.717, 1.165) is 24.2 Å². The van der Waals surface area contributed by atoms with Gasteiger partial charge in [0.25, 0.3) is 0 Å². The van der Waals surface area contributed by atoms with Crippen molar-refractivity contribution in [3.05, 3.63) is 29.8 Å². The minimum absolute atomic E-state index is 0.0302. The van der Waals surface area contributed by atoms with Gasteiger partial charge in [-0.05, 0) is 49.4 Å². The third-order valence-corrected chi connectivity index (χ3v) is 4.95. The molecule has 0 spiro atoms. The summed E-state index contributed by atoms with van der Waals surface area (Å²) in [6, 6.07) is 7.96. The molecule has 0 unspecified atom stereocenters. The lowest BCUT2D eigenvalue weighted by Gasteiger charge is -2.36. The summed E-state index contributed by atoms with van der Waals surface area (Å²) in [5.41, 5.74) is 7.15. The standard InChI is InChI=1S/C19H30N2O2/c1-3-23-17-9-7-16(8-10-17)14-21(2)18(22)13-19(15-20)11-5-4-6-12-19/h7-10H,3-6,11-15,20H2,1-2H3. The lowest BCUT2D eigenvalue weighted by molar-refractivity contribution is -0.133. The van der Waals surface area contributed by atoms with Crippen LogP contribution in [0.5, 0.6) is 5.75 Å². The summed E-state index contributed by atoms with van der Waals surface area (Å²) in [5.74, 6) is 1.07. The number of hydrogen-bond donors (Lipinski definition) is 1. The molecule has 1 aromatic rings. The van der Waals surface area contributed by atoms with Crippen LogP contribution in [-0.2, 0) is 11.3 Å². The highest BCUT2D eigenvalue weighted by atomic mass is 16.5. The summed E-state index contributed by atoms with van der Waals surface area (Å²) < 4.78 is 5.45. The fourth-order valence-electron chi connectivity index (χ4n) is 3.43. The molecule has 1 aromatic carbocycles. The Hall–Kier alpha value is -1.55. The number of nitrogens with zero attached hydrogens (tertiary/aromatic N) is 1. The third kappa shape index (κ3) is 4.96. The molecular weight excluding hydrogens is 288 g/mol. The zero-order valence-corrected chi connectivity index (χ0v) is 14.5. The van der Waals surface area contributed by atoms with Crippen LogP contribution in [-0.4, -0.2) is 31.0 Å². The highest BCUT2D eigenvalue weighted by Gasteiger charge is 2.33. The van der Waals surface area contributed by atoms with E-state index in [1.807, 2.05) is 43.1 Å². The molecule has 0 bridgehead atoms. The molecule has 0 radical (unpaired) electrons. The van der Waals surface area contributed by atoms with Crippen LogP contribution < -0.4 is 10.5 Å². The number of nitrogens with two attached hydrogens (primary N) is 1. The van der Waals surface area contributed by atoms with E-state index < -0.39 is 0 Å². The van der Waals surface area contributed by atoms with Crippen molar-refractivity contribution in [3.8, 4) is 5.75 Å². The monoisotopic (exact) mass is 318 g/mol. The molecule has 2 rings (SSSR count). The van der Waals surface area contributed by atoms with Crippen molar-refractivity contribution in [2.24, 2.45) is 11.1 Å². The van der Waals surface area contributed by atoms with Gasteiger partial charge in [-0.25, -0.2) is 0 Å². The third-order valence-electron chi connectivity index (χ3n) is 4.95. The molecule has 4 heteroatoms. The van der Waals surface area contributed by atoms with E-state index in [-0.39, 0.29) is 11.3 Å². The highest BCUT2D eigenvalue weighted by molar-refractivity contribution is 5.76. The fourth-order valence-corrected chi connectivity index (χ4v) is 3.43. The Labute approximate surface area is 140 Å². The molecule has 1 aliphatic rings.